The lowest BCUT2D eigenvalue weighted by molar-refractivity contribution is 0.0670. The minimum Gasteiger partial charge on any atom is -0.355 e. The molecule has 0 spiro atoms. The number of rotatable bonds is 5. The van der Waals surface area contributed by atoms with Crippen molar-refractivity contribution in [3.05, 3.63) is 75.9 Å². The molecule has 1 aromatic heterocycles. The van der Waals surface area contributed by atoms with Crippen molar-refractivity contribution in [3.63, 3.8) is 0 Å². The van der Waals surface area contributed by atoms with Gasteiger partial charge in [0.05, 0.1) is 11.5 Å². The Bertz CT molecular complexity index is 1240. The van der Waals surface area contributed by atoms with E-state index in [2.05, 4.69) is 5.16 Å². The van der Waals surface area contributed by atoms with Crippen LogP contribution in [0.5, 0.6) is 0 Å². The van der Waals surface area contributed by atoms with Crippen LogP contribution in [-0.2, 0) is 16.4 Å². The van der Waals surface area contributed by atoms with Gasteiger partial charge in [0.2, 0.25) is 0 Å². The third-order valence-electron chi connectivity index (χ3n) is 5.67. The lowest BCUT2D eigenvalue weighted by Crippen LogP contribution is -2.40. The fourth-order valence-corrected chi connectivity index (χ4v) is 5.72. The van der Waals surface area contributed by atoms with Gasteiger partial charge in [0.1, 0.15) is 0 Å². The Morgan fingerprint density at radius 2 is 1.97 bits per heavy atom. The van der Waals surface area contributed by atoms with Gasteiger partial charge in [-0.05, 0) is 55.2 Å². The van der Waals surface area contributed by atoms with Gasteiger partial charge in [0.25, 0.3) is 5.91 Å². The molecule has 2 heterocycles. The summed E-state index contributed by atoms with van der Waals surface area (Å²) in [5.74, 6) is 0.152. The summed E-state index contributed by atoms with van der Waals surface area (Å²) in [7, 11) is -3.17. The molecule has 0 saturated carbocycles. The van der Waals surface area contributed by atoms with Crippen LogP contribution in [0, 0.1) is 13.8 Å². The lowest BCUT2D eigenvalue weighted by atomic mass is 10.0. The van der Waals surface area contributed by atoms with Crippen molar-refractivity contribution in [2.24, 2.45) is 0 Å². The Labute approximate surface area is 186 Å². The summed E-state index contributed by atoms with van der Waals surface area (Å²) in [4.78, 5) is 14.9. The number of nitrogens with zero attached hydrogens (tertiary/aromatic N) is 2. The summed E-state index contributed by atoms with van der Waals surface area (Å²) in [6, 6.07) is 14.3. The van der Waals surface area contributed by atoms with Crippen molar-refractivity contribution < 1.29 is 17.7 Å². The van der Waals surface area contributed by atoms with Crippen LogP contribution in [0.1, 0.15) is 33.6 Å². The minimum atomic E-state index is -3.17. The maximum Gasteiger partial charge on any atom is 0.276 e. The first-order valence-electron chi connectivity index (χ1n) is 10.0. The maximum absolute atomic E-state index is 13.4. The maximum atomic E-state index is 13.4. The number of benzene rings is 2. The van der Waals surface area contributed by atoms with Crippen LogP contribution in [0.4, 0.5) is 0 Å². The third-order valence-corrected chi connectivity index (χ3v) is 7.66. The molecule has 1 aliphatic heterocycles. The molecule has 1 atom stereocenters. The fourth-order valence-electron chi connectivity index (χ4n) is 3.77. The van der Waals surface area contributed by atoms with E-state index in [0.717, 1.165) is 22.3 Å². The zero-order valence-corrected chi connectivity index (χ0v) is 18.9. The van der Waals surface area contributed by atoms with Crippen LogP contribution in [0.2, 0.25) is 5.02 Å². The molecule has 6 nitrogen and oxygen atoms in total. The van der Waals surface area contributed by atoms with Crippen molar-refractivity contribution >= 4 is 27.3 Å². The quantitative estimate of drug-likeness (QED) is 0.564. The zero-order chi connectivity index (χ0) is 22.2. The normalized spacial score (nSPS) is 17.6. The molecule has 0 radical (unpaired) electrons. The van der Waals surface area contributed by atoms with Crippen molar-refractivity contribution in [2.45, 2.75) is 32.9 Å². The highest BCUT2D eigenvalue weighted by atomic mass is 35.5. The first-order valence-corrected chi connectivity index (χ1v) is 12.2. The van der Waals surface area contributed by atoms with Crippen LogP contribution < -0.4 is 0 Å². The van der Waals surface area contributed by atoms with E-state index in [1.807, 2.05) is 38.1 Å². The third kappa shape index (κ3) is 4.83. The van der Waals surface area contributed by atoms with Gasteiger partial charge in [-0.2, -0.15) is 0 Å². The molecular weight excluding hydrogens is 436 g/mol. The summed E-state index contributed by atoms with van der Waals surface area (Å²) < 4.78 is 29.6. The van der Waals surface area contributed by atoms with Crippen LogP contribution >= 0.6 is 11.6 Å². The average molecular weight is 459 g/mol. The number of hydrogen-bond acceptors (Lipinski definition) is 5. The van der Waals surface area contributed by atoms with Gasteiger partial charge in [-0.15, -0.1) is 0 Å². The van der Waals surface area contributed by atoms with E-state index in [1.165, 1.54) is 0 Å². The fraction of sp³-hybridized carbons (Fsp3) is 0.304. The number of halogens is 1. The number of amides is 1. The Balaban J connectivity index is 1.64. The molecular formula is C23H23ClN2O4S. The van der Waals surface area contributed by atoms with E-state index in [4.69, 9.17) is 16.1 Å². The molecule has 0 bridgehead atoms. The SMILES string of the molecule is Cc1ccc(-c2cc(C(=O)N(Cc3cccc(Cl)c3)C3CCS(=O)(=O)C3)no2)cc1C. The summed E-state index contributed by atoms with van der Waals surface area (Å²) in [6.07, 6.45) is 0.399. The zero-order valence-electron chi connectivity index (χ0n) is 17.3. The van der Waals surface area contributed by atoms with Gasteiger partial charge in [-0.1, -0.05) is 41.0 Å². The van der Waals surface area contributed by atoms with E-state index >= 15 is 0 Å². The molecule has 0 N–H and O–H groups in total. The molecule has 1 unspecified atom stereocenters. The van der Waals surface area contributed by atoms with E-state index < -0.39 is 15.9 Å². The van der Waals surface area contributed by atoms with Gasteiger partial charge < -0.3 is 9.42 Å². The Hall–Kier alpha value is -2.64. The van der Waals surface area contributed by atoms with Crippen molar-refractivity contribution in [1.82, 2.24) is 10.1 Å². The number of aromatic nitrogens is 1. The molecule has 1 amide bonds. The highest BCUT2D eigenvalue weighted by Crippen LogP contribution is 2.26. The van der Waals surface area contributed by atoms with Gasteiger partial charge in [-0.3, -0.25) is 4.79 Å². The molecule has 31 heavy (non-hydrogen) atoms. The number of carbonyl (C=O) groups excluding carboxylic acids is 1. The van der Waals surface area contributed by atoms with E-state index in [-0.39, 0.29) is 29.7 Å². The Morgan fingerprint density at radius 3 is 2.65 bits per heavy atom. The number of carbonyl (C=O) groups is 1. The van der Waals surface area contributed by atoms with E-state index in [0.29, 0.717) is 17.2 Å². The molecule has 1 aliphatic rings. The second-order valence-corrected chi connectivity index (χ2v) is 10.7. The number of sulfone groups is 1. The smallest absolute Gasteiger partial charge is 0.276 e. The molecule has 162 valence electrons. The van der Waals surface area contributed by atoms with E-state index in [9.17, 15) is 13.2 Å². The lowest BCUT2D eigenvalue weighted by Gasteiger charge is -2.27. The number of hydrogen-bond donors (Lipinski definition) is 0. The van der Waals surface area contributed by atoms with Crippen molar-refractivity contribution in [1.29, 1.82) is 0 Å². The van der Waals surface area contributed by atoms with Crippen LogP contribution in [0.15, 0.2) is 53.1 Å². The largest absolute Gasteiger partial charge is 0.355 e. The van der Waals surface area contributed by atoms with Crippen LogP contribution in [0.3, 0.4) is 0 Å². The highest BCUT2D eigenvalue weighted by molar-refractivity contribution is 7.91. The van der Waals surface area contributed by atoms with Crippen molar-refractivity contribution in [2.75, 3.05) is 11.5 Å². The van der Waals surface area contributed by atoms with Gasteiger partial charge >= 0.3 is 0 Å². The van der Waals surface area contributed by atoms with Gasteiger partial charge in [-0.25, -0.2) is 8.42 Å². The molecule has 0 aliphatic carbocycles. The van der Waals surface area contributed by atoms with Crippen LogP contribution in [0.25, 0.3) is 11.3 Å². The second kappa shape index (κ2) is 8.48. The standard InChI is InChI=1S/C23H23ClN2O4S/c1-15-6-7-18(10-16(15)2)22-12-21(25-30-22)23(27)26(20-8-9-31(28,29)14-20)13-17-4-3-5-19(24)11-17/h3-7,10-12,20H,8-9,13-14H2,1-2H3. The monoisotopic (exact) mass is 458 g/mol. The molecule has 2 aromatic carbocycles. The van der Waals surface area contributed by atoms with Crippen LogP contribution in [-0.4, -0.2) is 41.9 Å². The highest BCUT2D eigenvalue weighted by Gasteiger charge is 2.36. The predicted molar refractivity (Wildman–Crippen MR) is 120 cm³/mol. The molecule has 1 fully saturated rings. The van der Waals surface area contributed by atoms with E-state index in [1.54, 1.807) is 29.2 Å². The summed E-state index contributed by atoms with van der Waals surface area (Å²) >= 11 is 6.10. The molecule has 3 aromatic rings. The van der Waals surface area contributed by atoms with Gasteiger partial charge in [0.15, 0.2) is 21.3 Å². The first kappa shape index (κ1) is 21.6. The Morgan fingerprint density at radius 1 is 1.16 bits per heavy atom. The first-order chi connectivity index (χ1) is 14.7. The molecule has 4 rings (SSSR count). The molecule has 1 saturated heterocycles. The summed E-state index contributed by atoms with van der Waals surface area (Å²) in [6.45, 7) is 4.28. The average Bonchev–Trinajstić information content (AvgIpc) is 3.34. The predicted octanol–water partition coefficient (Wildman–Crippen LogP) is 4.44. The molecule has 8 heteroatoms. The van der Waals surface area contributed by atoms with Gasteiger partial charge in [0, 0.05) is 29.2 Å². The minimum absolute atomic E-state index is 0.0544. The second-order valence-electron chi connectivity index (χ2n) is 8.00. The summed E-state index contributed by atoms with van der Waals surface area (Å²) in [5.41, 5.74) is 4.08. The Kier molecular flexibility index (Phi) is 5.90. The van der Waals surface area contributed by atoms with Crippen molar-refractivity contribution in [3.8, 4) is 11.3 Å². The summed E-state index contributed by atoms with van der Waals surface area (Å²) in [5, 5.41) is 4.55. The topological polar surface area (TPSA) is 80.5 Å². The number of aryl methyl sites for hydroxylation is 2.